The Balaban J connectivity index is 2.50. The molecule has 1 aromatic heterocycles. The molecule has 0 fully saturated rings. The molecule has 8 nitrogen and oxygen atoms in total. The van der Waals surface area contributed by atoms with E-state index in [1.807, 2.05) is 6.92 Å². The molecular weight excluding hydrogens is 254 g/mol. The second kappa shape index (κ2) is 7.14. The van der Waals surface area contributed by atoms with Gasteiger partial charge in [0.05, 0.1) is 18.9 Å². The minimum Gasteiger partial charge on any atom is -0.448 e. The summed E-state index contributed by atoms with van der Waals surface area (Å²) in [6, 6.07) is 2.60. The molecule has 0 aromatic carbocycles. The smallest absolute Gasteiger partial charge is 0.433 e. The minimum atomic E-state index is -0.653. The summed E-state index contributed by atoms with van der Waals surface area (Å²) in [5, 5.41) is 15.1. The van der Waals surface area contributed by atoms with E-state index in [0.29, 0.717) is 6.61 Å². The maximum atomic E-state index is 11.4. The Morgan fingerprint density at radius 2 is 2.37 bits per heavy atom. The van der Waals surface area contributed by atoms with Gasteiger partial charge >= 0.3 is 12.0 Å². The number of furan rings is 1. The number of carbonyl (C=O) groups is 1. The molecule has 1 amide bonds. The van der Waals surface area contributed by atoms with Crippen LogP contribution in [0.5, 0.6) is 0 Å². The van der Waals surface area contributed by atoms with E-state index in [9.17, 15) is 14.9 Å². The molecule has 0 spiro atoms. The van der Waals surface area contributed by atoms with E-state index in [1.54, 1.807) is 0 Å². The van der Waals surface area contributed by atoms with Crippen molar-refractivity contribution in [3.63, 3.8) is 0 Å². The molecule has 0 saturated heterocycles. The Kier molecular flexibility index (Phi) is 5.52. The first-order valence-corrected chi connectivity index (χ1v) is 5.73. The number of nitro groups is 1. The van der Waals surface area contributed by atoms with Gasteiger partial charge < -0.3 is 9.15 Å². The zero-order chi connectivity index (χ0) is 14.3. The molecule has 0 radical (unpaired) electrons. The van der Waals surface area contributed by atoms with E-state index in [0.717, 1.165) is 17.9 Å². The maximum absolute atomic E-state index is 11.4. The van der Waals surface area contributed by atoms with E-state index in [2.05, 4.69) is 5.10 Å². The number of hydrazone groups is 1. The van der Waals surface area contributed by atoms with Crippen molar-refractivity contribution in [1.29, 1.82) is 0 Å². The van der Waals surface area contributed by atoms with Crippen LogP contribution >= 0.6 is 0 Å². The molecule has 0 saturated carbocycles. The molecule has 0 aliphatic carbocycles. The lowest BCUT2D eigenvalue weighted by Crippen LogP contribution is -2.22. The van der Waals surface area contributed by atoms with Crippen LogP contribution in [0.4, 0.5) is 10.7 Å². The highest BCUT2D eigenvalue weighted by Gasteiger charge is 2.11. The maximum Gasteiger partial charge on any atom is 0.433 e. The largest absolute Gasteiger partial charge is 0.448 e. The van der Waals surface area contributed by atoms with Gasteiger partial charge in [0.25, 0.3) is 0 Å². The first-order valence-electron chi connectivity index (χ1n) is 5.73. The number of nitrogens with zero attached hydrogens (tertiary/aromatic N) is 3. The van der Waals surface area contributed by atoms with Crippen molar-refractivity contribution in [3.8, 4) is 0 Å². The van der Waals surface area contributed by atoms with Crippen LogP contribution in [0.15, 0.2) is 21.7 Å². The fraction of sp³-hybridized carbons (Fsp3) is 0.455. The molecule has 0 aliphatic rings. The second-order valence-corrected chi connectivity index (χ2v) is 3.67. The molecule has 0 unspecified atom stereocenters. The molecule has 8 heteroatoms. The Morgan fingerprint density at radius 3 is 2.95 bits per heavy atom. The van der Waals surface area contributed by atoms with Gasteiger partial charge in [-0.25, -0.2) is 9.80 Å². The quantitative estimate of drug-likeness (QED) is 0.342. The molecule has 1 heterocycles. The predicted molar refractivity (Wildman–Crippen MR) is 67.0 cm³/mol. The van der Waals surface area contributed by atoms with Gasteiger partial charge in [-0.15, -0.1) is 0 Å². The number of ether oxygens (including phenoxy) is 1. The molecule has 1 rings (SSSR count). The molecule has 19 heavy (non-hydrogen) atoms. The summed E-state index contributed by atoms with van der Waals surface area (Å²) in [5.41, 5.74) is 0. The van der Waals surface area contributed by atoms with Crippen LogP contribution in [-0.2, 0) is 4.74 Å². The molecule has 0 aliphatic heterocycles. The minimum absolute atomic E-state index is 0.180. The average Bonchev–Trinajstić information content (AvgIpc) is 2.85. The standard InChI is InChI=1S/C11H15N3O5/c1-3-4-7-18-11(15)13(2)12-8-9-5-6-10(19-9)14(16)17/h5-6,8H,3-4,7H2,1-2H3/b12-8+. The molecule has 0 N–H and O–H groups in total. The van der Waals surface area contributed by atoms with Gasteiger partial charge in [-0.05, 0) is 12.5 Å². The fourth-order valence-corrected chi connectivity index (χ4v) is 1.10. The van der Waals surface area contributed by atoms with E-state index in [1.165, 1.54) is 25.4 Å². The first kappa shape index (κ1) is 14.7. The van der Waals surface area contributed by atoms with Crippen LogP contribution in [0.1, 0.15) is 25.5 Å². The summed E-state index contributed by atoms with van der Waals surface area (Å²) in [7, 11) is 1.42. The van der Waals surface area contributed by atoms with Crippen molar-refractivity contribution < 1.29 is 18.9 Å². The van der Waals surface area contributed by atoms with Gasteiger partial charge in [-0.1, -0.05) is 13.3 Å². The topological polar surface area (TPSA) is 98.2 Å². The van der Waals surface area contributed by atoms with Crippen LogP contribution in [-0.4, -0.2) is 35.9 Å². The van der Waals surface area contributed by atoms with E-state index in [-0.39, 0.29) is 11.6 Å². The second-order valence-electron chi connectivity index (χ2n) is 3.67. The van der Waals surface area contributed by atoms with Crippen LogP contribution < -0.4 is 0 Å². The summed E-state index contributed by atoms with van der Waals surface area (Å²) < 4.78 is 9.76. The van der Waals surface area contributed by atoms with Gasteiger partial charge in [0, 0.05) is 7.05 Å². The van der Waals surface area contributed by atoms with Crippen LogP contribution in [0.2, 0.25) is 0 Å². The summed E-state index contributed by atoms with van der Waals surface area (Å²) in [6.07, 6.45) is 2.32. The first-order chi connectivity index (χ1) is 9.04. The van der Waals surface area contributed by atoms with Crippen molar-refractivity contribution in [2.75, 3.05) is 13.7 Å². The third kappa shape index (κ3) is 4.78. The van der Waals surface area contributed by atoms with Crippen LogP contribution in [0.3, 0.4) is 0 Å². The lowest BCUT2D eigenvalue weighted by Gasteiger charge is -2.10. The number of unbranched alkanes of at least 4 members (excludes halogenated alkanes) is 1. The van der Waals surface area contributed by atoms with Gasteiger partial charge in [0.1, 0.15) is 4.92 Å². The number of rotatable bonds is 6. The fourth-order valence-electron chi connectivity index (χ4n) is 1.10. The third-order valence-corrected chi connectivity index (χ3v) is 2.14. The Morgan fingerprint density at radius 1 is 1.63 bits per heavy atom. The SMILES string of the molecule is CCCCOC(=O)N(C)/N=C/c1ccc([N+](=O)[O-])o1. The van der Waals surface area contributed by atoms with Gasteiger partial charge in [-0.3, -0.25) is 10.1 Å². The van der Waals surface area contributed by atoms with Crippen molar-refractivity contribution in [2.24, 2.45) is 5.10 Å². The number of hydrogen-bond donors (Lipinski definition) is 0. The van der Waals surface area contributed by atoms with Crippen molar-refractivity contribution in [3.05, 3.63) is 28.0 Å². The predicted octanol–water partition coefficient (Wildman–Crippen LogP) is 2.39. The third-order valence-electron chi connectivity index (χ3n) is 2.14. The monoisotopic (exact) mass is 269 g/mol. The van der Waals surface area contributed by atoms with Crippen molar-refractivity contribution in [2.45, 2.75) is 19.8 Å². The lowest BCUT2D eigenvalue weighted by molar-refractivity contribution is -0.402. The normalized spacial score (nSPS) is 10.6. The van der Waals surface area contributed by atoms with Crippen molar-refractivity contribution >= 4 is 18.2 Å². The van der Waals surface area contributed by atoms with Crippen LogP contribution in [0.25, 0.3) is 0 Å². The number of hydrogen-bond acceptors (Lipinski definition) is 6. The highest BCUT2D eigenvalue weighted by atomic mass is 16.6. The lowest BCUT2D eigenvalue weighted by atomic mass is 10.4. The van der Waals surface area contributed by atoms with E-state index in [4.69, 9.17) is 9.15 Å². The average molecular weight is 269 g/mol. The summed E-state index contributed by atoms with van der Waals surface area (Å²) in [4.78, 5) is 21.1. The highest BCUT2D eigenvalue weighted by Crippen LogP contribution is 2.13. The number of carbonyl (C=O) groups excluding carboxylic acids is 1. The summed E-state index contributed by atoms with van der Waals surface area (Å²) in [5.74, 6) is -0.200. The molecule has 1 aromatic rings. The van der Waals surface area contributed by atoms with Gasteiger partial charge in [0.15, 0.2) is 5.76 Å². The molecular formula is C11H15N3O5. The summed E-state index contributed by atoms with van der Waals surface area (Å²) >= 11 is 0. The van der Waals surface area contributed by atoms with Crippen LogP contribution in [0, 0.1) is 10.1 Å². The van der Waals surface area contributed by atoms with E-state index >= 15 is 0 Å². The van der Waals surface area contributed by atoms with Crippen molar-refractivity contribution in [1.82, 2.24) is 5.01 Å². The highest BCUT2D eigenvalue weighted by molar-refractivity contribution is 5.78. The Bertz CT molecular complexity index is 469. The molecule has 0 atom stereocenters. The zero-order valence-electron chi connectivity index (χ0n) is 10.7. The molecule has 104 valence electrons. The van der Waals surface area contributed by atoms with Gasteiger partial charge in [0.2, 0.25) is 0 Å². The summed E-state index contributed by atoms with van der Waals surface area (Å²) in [6.45, 7) is 2.32. The molecule has 0 bridgehead atoms. The number of amides is 1. The zero-order valence-corrected chi connectivity index (χ0v) is 10.7. The van der Waals surface area contributed by atoms with E-state index < -0.39 is 11.0 Å². The van der Waals surface area contributed by atoms with Gasteiger partial charge in [-0.2, -0.15) is 5.10 Å². The Hall–Kier alpha value is -2.38. The Labute approximate surface area is 109 Å².